The Morgan fingerprint density at radius 3 is 2.32 bits per heavy atom. The van der Waals surface area contributed by atoms with E-state index in [0.717, 1.165) is 17.7 Å². The van der Waals surface area contributed by atoms with E-state index in [-0.39, 0.29) is 18.1 Å². The van der Waals surface area contributed by atoms with Gasteiger partial charge in [-0.3, -0.25) is 0 Å². The van der Waals surface area contributed by atoms with Crippen LogP contribution in [-0.2, 0) is 12.8 Å². The number of ether oxygens (including phenoxy) is 1. The van der Waals surface area contributed by atoms with E-state index >= 15 is 0 Å². The average Bonchev–Trinajstić information content (AvgIpc) is 2.37. The molecule has 100 valence electrons. The van der Waals surface area contributed by atoms with Crippen LogP contribution < -0.4 is 4.74 Å². The minimum atomic E-state index is -4.38. The van der Waals surface area contributed by atoms with Crippen LogP contribution in [0.1, 0.15) is 11.1 Å². The van der Waals surface area contributed by atoms with E-state index in [1.807, 2.05) is 0 Å². The number of alkyl halides is 3. The van der Waals surface area contributed by atoms with Gasteiger partial charge in [-0.05, 0) is 35.9 Å². The zero-order valence-corrected chi connectivity index (χ0v) is 9.82. The van der Waals surface area contributed by atoms with E-state index in [9.17, 15) is 13.2 Å². The van der Waals surface area contributed by atoms with Crippen LogP contribution in [0.4, 0.5) is 13.2 Å². The molecule has 1 N–H and O–H groups in total. The first kappa shape index (κ1) is 13.3. The molecule has 0 aliphatic carbocycles. The van der Waals surface area contributed by atoms with E-state index in [1.54, 1.807) is 12.1 Å². The molecule has 5 heteroatoms. The van der Waals surface area contributed by atoms with Crippen molar-refractivity contribution >= 4 is 0 Å². The summed E-state index contributed by atoms with van der Waals surface area (Å²) in [6.45, 7) is 0.140. The van der Waals surface area contributed by atoms with Crippen molar-refractivity contribution in [3.63, 3.8) is 0 Å². The summed E-state index contributed by atoms with van der Waals surface area (Å²) in [6.07, 6.45) is -4.38. The Kier molecular flexibility index (Phi) is 3.64. The number of benzene rings is 2. The van der Waals surface area contributed by atoms with E-state index < -0.39 is 11.7 Å². The smallest absolute Gasteiger partial charge is 0.416 e. The molecule has 0 aromatic heterocycles. The van der Waals surface area contributed by atoms with E-state index in [4.69, 9.17) is 9.84 Å². The van der Waals surface area contributed by atoms with Gasteiger partial charge in [-0.1, -0.05) is 18.2 Å². The number of phenols is 1. The van der Waals surface area contributed by atoms with Crippen molar-refractivity contribution in [2.45, 2.75) is 12.8 Å². The Morgan fingerprint density at radius 1 is 1.00 bits per heavy atom. The van der Waals surface area contributed by atoms with Gasteiger partial charge in [-0.25, -0.2) is 0 Å². The maximum Gasteiger partial charge on any atom is 0.416 e. The van der Waals surface area contributed by atoms with Crippen LogP contribution in [0.2, 0.25) is 0 Å². The molecule has 0 amide bonds. The Balaban J connectivity index is 2.05. The highest BCUT2D eigenvalue weighted by molar-refractivity contribution is 5.31. The highest BCUT2D eigenvalue weighted by Gasteiger charge is 2.30. The van der Waals surface area contributed by atoms with Crippen LogP contribution in [0.15, 0.2) is 48.5 Å². The monoisotopic (exact) mass is 268 g/mol. The van der Waals surface area contributed by atoms with Gasteiger partial charge in [0.25, 0.3) is 0 Å². The molecule has 0 heterocycles. The second kappa shape index (κ2) is 5.22. The van der Waals surface area contributed by atoms with Gasteiger partial charge in [-0.2, -0.15) is 13.2 Å². The Hall–Kier alpha value is -2.17. The van der Waals surface area contributed by atoms with Crippen molar-refractivity contribution in [1.82, 2.24) is 0 Å². The minimum absolute atomic E-state index is 0.128. The predicted molar refractivity (Wildman–Crippen MR) is 63.9 cm³/mol. The third-order valence-corrected chi connectivity index (χ3v) is 2.50. The second-order valence-electron chi connectivity index (χ2n) is 3.98. The lowest BCUT2D eigenvalue weighted by atomic mass is 10.2. The molecule has 0 fully saturated rings. The standard InChI is InChI=1S/C14H11F3O2/c15-14(16,17)11-2-1-3-13(8-11)19-9-10-4-6-12(18)7-5-10/h1-8,18H,9H2. The van der Waals surface area contributed by atoms with Gasteiger partial charge in [0.15, 0.2) is 0 Å². The molecule has 2 nitrogen and oxygen atoms in total. The molecule has 0 atom stereocenters. The lowest BCUT2D eigenvalue weighted by molar-refractivity contribution is -0.137. The number of aromatic hydroxyl groups is 1. The largest absolute Gasteiger partial charge is 0.508 e. The van der Waals surface area contributed by atoms with Crippen LogP contribution in [0.25, 0.3) is 0 Å². The average molecular weight is 268 g/mol. The molecule has 2 aromatic rings. The molecule has 2 aromatic carbocycles. The SMILES string of the molecule is Oc1ccc(COc2cccc(C(F)(F)F)c2)cc1. The van der Waals surface area contributed by atoms with Crippen molar-refractivity contribution in [2.75, 3.05) is 0 Å². The molecular weight excluding hydrogens is 257 g/mol. The third kappa shape index (κ3) is 3.64. The molecule has 0 spiro atoms. The summed E-state index contributed by atoms with van der Waals surface area (Å²) in [5.41, 5.74) is 0.0194. The first-order valence-electron chi connectivity index (χ1n) is 5.53. The highest BCUT2D eigenvalue weighted by Crippen LogP contribution is 2.31. The summed E-state index contributed by atoms with van der Waals surface area (Å²) in [5, 5.41) is 9.10. The predicted octanol–water partition coefficient (Wildman–Crippen LogP) is 3.99. The second-order valence-corrected chi connectivity index (χ2v) is 3.98. The van der Waals surface area contributed by atoms with E-state index in [1.165, 1.54) is 24.3 Å². The molecule has 19 heavy (non-hydrogen) atoms. The van der Waals surface area contributed by atoms with Crippen molar-refractivity contribution in [3.8, 4) is 11.5 Å². The summed E-state index contributed by atoms with van der Waals surface area (Å²) < 4.78 is 42.8. The van der Waals surface area contributed by atoms with Crippen LogP contribution in [0, 0.1) is 0 Å². The zero-order chi connectivity index (χ0) is 13.9. The summed E-state index contributed by atoms with van der Waals surface area (Å²) in [4.78, 5) is 0. The van der Waals surface area contributed by atoms with Crippen LogP contribution >= 0.6 is 0 Å². The van der Waals surface area contributed by atoms with Gasteiger partial charge in [-0.15, -0.1) is 0 Å². The maximum atomic E-state index is 12.5. The van der Waals surface area contributed by atoms with Gasteiger partial charge < -0.3 is 9.84 Å². The van der Waals surface area contributed by atoms with Gasteiger partial charge in [0.05, 0.1) is 5.56 Å². The molecule has 0 aliphatic heterocycles. The molecule has 0 unspecified atom stereocenters. The molecule has 0 bridgehead atoms. The van der Waals surface area contributed by atoms with Gasteiger partial charge in [0, 0.05) is 0 Å². The molecular formula is C14H11F3O2. The first-order chi connectivity index (χ1) is 8.95. The number of halogens is 3. The van der Waals surface area contributed by atoms with Crippen molar-refractivity contribution in [3.05, 3.63) is 59.7 Å². The topological polar surface area (TPSA) is 29.5 Å². The van der Waals surface area contributed by atoms with Crippen molar-refractivity contribution in [1.29, 1.82) is 0 Å². The number of phenolic OH excluding ortho intramolecular Hbond substituents is 1. The fraction of sp³-hybridized carbons (Fsp3) is 0.143. The van der Waals surface area contributed by atoms with Crippen molar-refractivity contribution < 1.29 is 23.0 Å². The lowest BCUT2D eigenvalue weighted by Gasteiger charge is -2.10. The fourth-order valence-electron chi connectivity index (χ4n) is 1.52. The summed E-state index contributed by atoms with van der Waals surface area (Å²) in [6, 6.07) is 11.0. The Morgan fingerprint density at radius 2 is 1.68 bits per heavy atom. The van der Waals surface area contributed by atoms with Crippen LogP contribution in [-0.4, -0.2) is 5.11 Å². The molecule has 0 saturated heterocycles. The normalized spacial score (nSPS) is 11.3. The molecule has 0 saturated carbocycles. The summed E-state index contributed by atoms with van der Waals surface area (Å²) in [5.74, 6) is 0.283. The molecule has 2 rings (SSSR count). The highest BCUT2D eigenvalue weighted by atomic mass is 19.4. The van der Waals surface area contributed by atoms with Gasteiger partial charge >= 0.3 is 6.18 Å². The van der Waals surface area contributed by atoms with Crippen LogP contribution in [0.3, 0.4) is 0 Å². The fourth-order valence-corrected chi connectivity index (χ4v) is 1.52. The Bertz CT molecular complexity index is 547. The van der Waals surface area contributed by atoms with Crippen molar-refractivity contribution in [2.24, 2.45) is 0 Å². The molecule has 0 aliphatic rings. The third-order valence-electron chi connectivity index (χ3n) is 2.50. The van der Waals surface area contributed by atoms with Crippen LogP contribution in [0.5, 0.6) is 11.5 Å². The maximum absolute atomic E-state index is 12.5. The number of hydrogen-bond donors (Lipinski definition) is 1. The number of hydrogen-bond acceptors (Lipinski definition) is 2. The number of rotatable bonds is 3. The Labute approximate surface area is 108 Å². The van der Waals surface area contributed by atoms with E-state index in [0.29, 0.717) is 0 Å². The van der Waals surface area contributed by atoms with E-state index in [2.05, 4.69) is 0 Å². The molecule has 0 radical (unpaired) electrons. The minimum Gasteiger partial charge on any atom is -0.508 e. The first-order valence-corrected chi connectivity index (χ1v) is 5.53. The summed E-state index contributed by atoms with van der Waals surface area (Å²) in [7, 11) is 0. The van der Waals surface area contributed by atoms with Gasteiger partial charge in [0.2, 0.25) is 0 Å². The zero-order valence-electron chi connectivity index (χ0n) is 9.82. The lowest BCUT2D eigenvalue weighted by Crippen LogP contribution is -2.05. The quantitative estimate of drug-likeness (QED) is 0.912. The van der Waals surface area contributed by atoms with Gasteiger partial charge in [0.1, 0.15) is 18.1 Å². The summed E-state index contributed by atoms with van der Waals surface area (Å²) >= 11 is 0.